The second-order valence-corrected chi connectivity index (χ2v) is 5.41. The van der Waals surface area contributed by atoms with Crippen molar-refractivity contribution in [3.63, 3.8) is 0 Å². The monoisotopic (exact) mass is 204 g/mol. The highest BCUT2D eigenvalue weighted by Gasteiger charge is 2.22. The van der Waals surface area contributed by atoms with Gasteiger partial charge in [0.2, 0.25) is 0 Å². The fourth-order valence-electron chi connectivity index (χ4n) is 0.383. The van der Waals surface area contributed by atoms with Crippen LogP contribution in [-0.2, 0) is 20.2 Å². The average Bonchev–Trinajstić information content (AvgIpc) is 1.56. The van der Waals surface area contributed by atoms with Crippen molar-refractivity contribution in [2.75, 3.05) is 5.75 Å². The third kappa shape index (κ3) is 5.13. The second-order valence-electron chi connectivity index (χ2n) is 2.07. The topological polar surface area (TPSA) is 109 Å². The Morgan fingerprint density at radius 2 is 1.55 bits per heavy atom. The Kier molecular flexibility index (Phi) is 3.00. The largest absolute Gasteiger partial charge is 0.286 e. The van der Waals surface area contributed by atoms with E-state index in [-0.39, 0.29) is 0 Å². The van der Waals surface area contributed by atoms with Crippen molar-refractivity contribution in [2.45, 2.75) is 12.2 Å². The molecule has 0 aliphatic carbocycles. The molecule has 0 bridgehead atoms. The molecule has 2 N–H and O–H groups in total. The van der Waals surface area contributed by atoms with Crippen LogP contribution in [0.25, 0.3) is 0 Å². The lowest BCUT2D eigenvalue weighted by Crippen LogP contribution is -2.25. The van der Waals surface area contributed by atoms with E-state index in [4.69, 9.17) is 9.11 Å². The minimum atomic E-state index is -4.38. The van der Waals surface area contributed by atoms with E-state index in [1.54, 1.807) is 0 Å². The molecule has 0 heterocycles. The van der Waals surface area contributed by atoms with Crippen LogP contribution in [0.2, 0.25) is 0 Å². The Bertz CT molecular complexity index is 310. The molecular weight excluding hydrogens is 196 g/mol. The molecule has 1 atom stereocenters. The summed E-state index contributed by atoms with van der Waals surface area (Å²) >= 11 is 0. The van der Waals surface area contributed by atoms with E-state index >= 15 is 0 Å². The second kappa shape index (κ2) is 3.05. The van der Waals surface area contributed by atoms with E-state index in [2.05, 4.69) is 0 Å². The van der Waals surface area contributed by atoms with Crippen molar-refractivity contribution in [3.05, 3.63) is 0 Å². The molecule has 11 heavy (non-hydrogen) atoms. The predicted molar refractivity (Wildman–Crippen MR) is 37.4 cm³/mol. The van der Waals surface area contributed by atoms with Crippen molar-refractivity contribution in [1.29, 1.82) is 0 Å². The SMILES string of the molecule is CC(CS(=O)(=O)O)S(=O)(=O)O. The summed E-state index contributed by atoms with van der Waals surface area (Å²) < 4.78 is 56.9. The molecule has 0 spiro atoms. The quantitative estimate of drug-likeness (QED) is 0.579. The van der Waals surface area contributed by atoms with Crippen LogP contribution in [0, 0.1) is 0 Å². The molecule has 0 aromatic rings. The van der Waals surface area contributed by atoms with Crippen LogP contribution in [0.3, 0.4) is 0 Å². The molecule has 0 radical (unpaired) electrons. The van der Waals surface area contributed by atoms with Gasteiger partial charge in [-0.05, 0) is 6.92 Å². The van der Waals surface area contributed by atoms with E-state index in [1.165, 1.54) is 0 Å². The van der Waals surface area contributed by atoms with Crippen LogP contribution in [0.1, 0.15) is 6.92 Å². The van der Waals surface area contributed by atoms with Crippen molar-refractivity contribution >= 4 is 20.2 Å². The van der Waals surface area contributed by atoms with E-state index in [9.17, 15) is 16.8 Å². The van der Waals surface area contributed by atoms with Gasteiger partial charge in [0.05, 0.1) is 11.0 Å². The molecule has 0 saturated carbocycles. The molecule has 0 rings (SSSR count). The van der Waals surface area contributed by atoms with Gasteiger partial charge in [-0.25, -0.2) is 0 Å². The van der Waals surface area contributed by atoms with Gasteiger partial charge >= 0.3 is 0 Å². The molecule has 0 aliphatic rings. The van der Waals surface area contributed by atoms with Crippen LogP contribution in [0.4, 0.5) is 0 Å². The Morgan fingerprint density at radius 1 is 1.18 bits per heavy atom. The molecule has 0 saturated heterocycles. The van der Waals surface area contributed by atoms with Crippen molar-refractivity contribution < 1.29 is 25.9 Å². The summed E-state index contributed by atoms with van der Waals surface area (Å²) in [5.74, 6) is -0.994. The summed E-state index contributed by atoms with van der Waals surface area (Å²) in [6, 6.07) is 0. The van der Waals surface area contributed by atoms with Gasteiger partial charge in [-0.1, -0.05) is 0 Å². The molecule has 0 amide bonds. The minimum absolute atomic E-state index is 0.975. The third-order valence-electron chi connectivity index (χ3n) is 0.954. The fraction of sp³-hybridized carbons (Fsp3) is 1.00. The van der Waals surface area contributed by atoms with Gasteiger partial charge in [0.15, 0.2) is 0 Å². The molecule has 0 aliphatic heterocycles. The van der Waals surface area contributed by atoms with Gasteiger partial charge in [-0.2, -0.15) is 16.8 Å². The number of hydrogen-bond acceptors (Lipinski definition) is 4. The lowest BCUT2D eigenvalue weighted by molar-refractivity contribution is 0.460. The Hall–Kier alpha value is -0.180. The molecular formula is C3H8O6S2. The Balaban J connectivity index is 4.47. The normalized spacial score (nSPS) is 16.3. The molecule has 0 fully saturated rings. The van der Waals surface area contributed by atoms with E-state index in [0.717, 1.165) is 6.92 Å². The summed E-state index contributed by atoms with van der Waals surface area (Å²) in [5, 5.41) is -1.50. The first-order valence-electron chi connectivity index (χ1n) is 2.54. The first-order valence-corrected chi connectivity index (χ1v) is 5.65. The van der Waals surface area contributed by atoms with Crippen LogP contribution >= 0.6 is 0 Å². The zero-order valence-corrected chi connectivity index (χ0v) is 7.26. The van der Waals surface area contributed by atoms with Crippen LogP contribution < -0.4 is 0 Å². The zero-order chi connectivity index (χ0) is 9.28. The molecule has 1 unspecified atom stereocenters. The van der Waals surface area contributed by atoms with Gasteiger partial charge in [0, 0.05) is 0 Å². The fourth-order valence-corrected chi connectivity index (χ4v) is 2.18. The van der Waals surface area contributed by atoms with Crippen molar-refractivity contribution in [3.8, 4) is 0 Å². The van der Waals surface area contributed by atoms with Crippen molar-refractivity contribution in [1.82, 2.24) is 0 Å². The standard InChI is InChI=1S/C3H8O6S2/c1-3(11(7,8)9)2-10(4,5)6/h3H,2H2,1H3,(H,4,5,6)(H,7,8,9). The van der Waals surface area contributed by atoms with Crippen LogP contribution in [0.5, 0.6) is 0 Å². The summed E-state index contributed by atoms with van der Waals surface area (Å²) in [4.78, 5) is 0. The molecule has 6 nitrogen and oxygen atoms in total. The smallest absolute Gasteiger partial charge is 0.268 e. The molecule has 0 aromatic carbocycles. The highest BCUT2D eigenvalue weighted by atomic mass is 32.2. The van der Waals surface area contributed by atoms with Gasteiger partial charge in [0.1, 0.15) is 0 Å². The molecule has 68 valence electrons. The number of hydrogen-bond donors (Lipinski definition) is 2. The van der Waals surface area contributed by atoms with Crippen LogP contribution in [-0.4, -0.2) is 36.9 Å². The maximum absolute atomic E-state index is 10.2. The lowest BCUT2D eigenvalue weighted by atomic mass is 10.6. The van der Waals surface area contributed by atoms with E-state index in [0.29, 0.717) is 0 Å². The van der Waals surface area contributed by atoms with Gasteiger partial charge < -0.3 is 0 Å². The first-order chi connectivity index (χ1) is 4.63. The third-order valence-corrected chi connectivity index (χ3v) is 3.27. The summed E-state index contributed by atoms with van der Waals surface area (Å²) in [5.41, 5.74) is 0. The highest BCUT2D eigenvalue weighted by molar-refractivity contribution is 7.90. The predicted octanol–water partition coefficient (Wildman–Crippen LogP) is -0.849. The Morgan fingerprint density at radius 3 is 1.64 bits per heavy atom. The maximum Gasteiger partial charge on any atom is 0.268 e. The van der Waals surface area contributed by atoms with E-state index < -0.39 is 31.2 Å². The summed E-state index contributed by atoms with van der Waals surface area (Å²) in [7, 11) is -8.72. The summed E-state index contributed by atoms with van der Waals surface area (Å²) in [6.07, 6.45) is 0. The van der Waals surface area contributed by atoms with Gasteiger partial charge in [-0.3, -0.25) is 9.11 Å². The molecule has 8 heteroatoms. The first kappa shape index (κ1) is 10.8. The van der Waals surface area contributed by atoms with E-state index in [1.807, 2.05) is 0 Å². The molecule has 0 aromatic heterocycles. The highest BCUT2D eigenvalue weighted by Crippen LogP contribution is 2.00. The van der Waals surface area contributed by atoms with Gasteiger partial charge in [-0.15, -0.1) is 0 Å². The lowest BCUT2D eigenvalue weighted by Gasteiger charge is -2.03. The number of rotatable bonds is 3. The van der Waals surface area contributed by atoms with Gasteiger partial charge in [0.25, 0.3) is 20.2 Å². The summed E-state index contributed by atoms with van der Waals surface area (Å²) in [6.45, 7) is 0.975. The minimum Gasteiger partial charge on any atom is -0.286 e. The average molecular weight is 204 g/mol. The maximum atomic E-state index is 10.2. The van der Waals surface area contributed by atoms with Crippen molar-refractivity contribution in [2.24, 2.45) is 0 Å². The Labute approximate surface area is 64.7 Å². The zero-order valence-electron chi connectivity index (χ0n) is 5.63. The van der Waals surface area contributed by atoms with Crippen LogP contribution in [0.15, 0.2) is 0 Å².